The highest BCUT2D eigenvalue weighted by Gasteiger charge is 2.15. The number of nitrogens with zero attached hydrogens (tertiary/aromatic N) is 4. The molecule has 2 aromatic heterocycles. The quantitative estimate of drug-likeness (QED) is 0.777. The molecule has 0 amide bonds. The summed E-state index contributed by atoms with van der Waals surface area (Å²) in [6.07, 6.45) is 1.35. The maximum atomic E-state index is 9.90. The fourth-order valence-electron chi connectivity index (χ4n) is 1.70. The van der Waals surface area contributed by atoms with Gasteiger partial charge in [0.05, 0.1) is 12.7 Å². The fourth-order valence-corrected chi connectivity index (χ4v) is 2.04. The number of halogens is 1. The first-order chi connectivity index (χ1) is 10.2. The average molecular weight is 349 g/mol. The molecule has 0 spiro atoms. The Balaban J connectivity index is 1.99. The van der Waals surface area contributed by atoms with Crippen molar-refractivity contribution in [3.8, 4) is 34.6 Å². The first-order valence-electron chi connectivity index (χ1n) is 5.86. The zero-order chi connectivity index (χ0) is 14.8. The van der Waals surface area contributed by atoms with Gasteiger partial charge in [-0.2, -0.15) is 4.98 Å². The van der Waals surface area contributed by atoms with E-state index in [2.05, 4.69) is 36.0 Å². The molecule has 0 saturated carbocycles. The second-order valence-corrected chi connectivity index (χ2v) is 4.95. The second-order valence-electron chi connectivity index (χ2n) is 4.03. The SMILES string of the molecule is COc1cc(-c2noc(-c3ccc(Br)cc3O)n2)ncn1. The van der Waals surface area contributed by atoms with E-state index < -0.39 is 0 Å². The minimum absolute atomic E-state index is 0.0415. The van der Waals surface area contributed by atoms with Gasteiger partial charge < -0.3 is 14.4 Å². The normalized spacial score (nSPS) is 10.6. The van der Waals surface area contributed by atoms with E-state index in [-0.39, 0.29) is 17.5 Å². The van der Waals surface area contributed by atoms with Crippen LogP contribution in [-0.4, -0.2) is 32.3 Å². The van der Waals surface area contributed by atoms with E-state index >= 15 is 0 Å². The Morgan fingerprint density at radius 2 is 2.10 bits per heavy atom. The van der Waals surface area contributed by atoms with Crippen LogP contribution in [0.15, 0.2) is 39.6 Å². The summed E-state index contributed by atoms with van der Waals surface area (Å²) in [6, 6.07) is 6.59. The lowest BCUT2D eigenvalue weighted by Crippen LogP contribution is -1.91. The maximum Gasteiger partial charge on any atom is 0.262 e. The molecule has 3 rings (SSSR count). The van der Waals surface area contributed by atoms with Crippen LogP contribution in [0.2, 0.25) is 0 Å². The molecule has 0 saturated heterocycles. The van der Waals surface area contributed by atoms with Crippen molar-refractivity contribution in [3.05, 3.63) is 35.1 Å². The number of hydrogen-bond acceptors (Lipinski definition) is 7. The van der Waals surface area contributed by atoms with Gasteiger partial charge in [-0.25, -0.2) is 9.97 Å². The second kappa shape index (κ2) is 5.49. The van der Waals surface area contributed by atoms with E-state index in [9.17, 15) is 5.11 Å². The van der Waals surface area contributed by atoms with Crippen LogP contribution < -0.4 is 4.74 Å². The van der Waals surface area contributed by atoms with Crippen molar-refractivity contribution in [3.63, 3.8) is 0 Å². The standard InChI is InChI=1S/C13H9BrN4O3/c1-20-11-5-9(15-6-16-11)12-17-13(21-18-12)8-3-2-7(14)4-10(8)19/h2-6,19H,1H3. The number of rotatable bonds is 3. The van der Waals surface area contributed by atoms with Crippen LogP contribution in [0, 0.1) is 0 Å². The number of phenolic OH excluding ortho intramolecular Hbond substituents is 1. The molecule has 0 atom stereocenters. The summed E-state index contributed by atoms with van der Waals surface area (Å²) in [7, 11) is 1.51. The van der Waals surface area contributed by atoms with Crippen molar-refractivity contribution in [1.82, 2.24) is 20.1 Å². The number of benzene rings is 1. The van der Waals surface area contributed by atoms with E-state index in [1.54, 1.807) is 24.3 Å². The number of aromatic nitrogens is 4. The molecule has 0 aliphatic rings. The summed E-state index contributed by atoms with van der Waals surface area (Å²) in [5, 5.41) is 13.8. The number of ether oxygens (including phenoxy) is 1. The Kier molecular flexibility index (Phi) is 3.53. The zero-order valence-electron chi connectivity index (χ0n) is 10.8. The van der Waals surface area contributed by atoms with Crippen LogP contribution in [0.25, 0.3) is 23.0 Å². The lowest BCUT2D eigenvalue weighted by atomic mass is 10.2. The molecule has 106 valence electrons. The third-order valence-electron chi connectivity index (χ3n) is 2.70. The Morgan fingerprint density at radius 3 is 2.86 bits per heavy atom. The molecule has 0 bridgehead atoms. The van der Waals surface area contributed by atoms with Crippen molar-refractivity contribution in [2.45, 2.75) is 0 Å². The monoisotopic (exact) mass is 348 g/mol. The molecule has 0 radical (unpaired) electrons. The van der Waals surface area contributed by atoms with E-state index in [0.29, 0.717) is 17.1 Å². The highest BCUT2D eigenvalue weighted by Crippen LogP contribution is 2.31. The van der Waals surface area contributed by atoms with Gasteiger partial charge in [-0.05, 0) is 18.2 Å². The smallest absolute Gasteiger partial charge is 0.262 e. The molecule has 0 aliphatic heterocycles. The third-order valence-corrected chi connectivity index (χ3v) is 3.19. The number of methoxy groups -OCH3 is 1. The molecule has 8 heteroatoms. The minimum atomic E-state index is 0.0415. The molecule has 0 aliphatic carbocycles. The van der Waals surface area contributed by atoms with Gasteiger partial charge in [0.2, 0.25) is 11.7 Å². The molecule has 1 aromatic carbocycles. The van der Waals surface area contributed by atoms with Gasteiger partial charge in [-0.1, -0.05) is 21.1 Å². The van der Waals surface area contributed by atoms with Crippen LogP contribution in [0.1, 0.15) is 0 Å². The predicted octanol–water partition coefficient (Wildman–Crippen LogP) is 2.67. The van der Waals surface area contributed by atoms with Crippen LogP contribution in [0.4, 0.5) is 0 Å². The van der Waals surface area contributed by atoms with E-state index in [1.165, 1.54) is 13.4 Å². The lowest BCUT2D eigenvalue weighted by Gasteiger charge is -1.99. The first kappa shape index (κ1) is 13.5. The Morgan fingerprint density at radius 1 is 1.24 bits per heavy atom. The van der Waals surface area contributed by atoms with Gasteiger partial charge in [0.25, 0.3) is 5.89 Å². The molecule has 0 unspecified atom stereocenters. The Labute approximate surface area is 127 Å². The van der Waals surface area contributed by atoms with Crippen LogP contribution in [0.3, 0.4) is 0 Å². The molecule has 1 N–H and O–H groups in total. The number of hydrogen-bond donors (Lipinski definition) is 1. The van der Waals surface area contributed by atoms with Crippen molar-refractivity contribution in [2.24, 2.45) is 0 Å². The van der Waals surface area contributed by atoms with Gasteiger partial charge in [0.15, 0.2) is 0 Å². The molecule has 21 heavy (non-hydrogen) atoms. The van der Waals surface area contributed by atoms with Gasteiger partial charge in [0, 0.05) is 10.5 Å². The molecule has 7 nitrogen and oxygen atoms in total. The largest absolute Gasteiger partial charge is 0.507 e. The summed E-state index contributed by atoms with van der Waals surface area (Å²) >= 11 is 3.27. The highest BCUT2D eigenvalue weighted by atomic mass is 79.9. The molecule has 0 fully saturated rings. The van der Waals surface area contributed by atoms with Gasteiger partial charge in [-0.15, -0.1) is 0 Å². The van der Waals surface area contributed by atoms with Crippen LogP contribution in [-0.2, 0) is 0 Å². The molecular formula is C13H9BrN4O3. The summed E-state index contributed by atoms with van der Waals surface area (Å²) < 4.78 is 10.9. The van der Waals surface area contributed by atoms with Crippen molar-refractivity contribution < 1.29 is 14.4 Å². The zero-order valence-corrected chi connectivity index (χ0v) is 12.4. The number of aromatic hydroxyl groups is 1. The van der Waals surface area contributed by atoms with Crippen molar-refractivity contribution in [2.75, 3.05) is 7.11 Å². The summed E-state index contributed by atoms with van der Waals surface area (Å²) in [5.41, 5.74) is 0.909. The highest BCUT2D eigenvalue weighted by molar-refractivity contribution is 9.10. The Hall–Kier alpha value is -2.48. The average Bonchev–Trinajstić information content (AvgIpc) is 2.97. The minimum Gasteiger partial charge on any atom is -0.507 e. The lowest BCUT2D eigenvalue weighted by molar-refractivity contribution is 0.397. The van der Waals surface area contributed by atoms with E-state index in [0.717, 1.165) is 4.47 Å². The Bertz CT molecular complexity index is 791. The summed E-state index contributed by atoms with van der Waals surface area (Å²) in [5.74, 6) is 0.929. The fraction of sp³-hybridized carbons (Fsp3) is 0.0769. The summed E-state index contributed by atoms with van der Waals surface area (Å²) in [6.45, 7) is 0. The van der Waals surface area contributed by atoms with Crippen molar-refractivity contribution >= 4 is 15.9 Å². The number of phenols is 1. The molecule has 3 aromatic rings. The molecular weight excluding hydrogens is 340 g/mol. The van der Waals surface area contributed by atoms with Crippen LogP contribution in [0.5, 0.6) is 11.6 Å². The topological polar surface area (TPSA) is 94.2 Å². The van der Waals surface area contributed by atoms with Gasteiger partial charge >= 0.3 is 0 Å². The third kappa shape index (κ3) is 2.70. The predicted molar refractivity (Wildman–Crippen MR) is 76.7 cm³/mol. The van der Waals surface area contributed by atoms with Crippen molar-refractivity contribution in [1.29, 1.82) is 0 Å². The van der Waals surface area contributed by atoms with E-state index in [1.807, 2.05) is 0 Å². The maximum absolute atomic E-state index is 9.90. The molecule has 2 heterocycles. The van der Waals surface area contributed by atoms with Crippen LogP contribution >= 0.6 is 15.9 Å². The van der Waals surface area contributed by atoms with E-state index in [4.69, 9.17) is 9.26 Å². The van der Waals surface area contributed by atoms with Gasteiger partial charge in [-0.3, -0.25) is 0 Å². The first-order valence-corrected chi connectivity index (χ1v) is 6.65. The summed E-state index contributed by atoms with van der Waals surface area (Å²) in [4.78, 5) is 12.2. The van der Waals surface area contributed by atoms with Gasteiger partial charge in [0.1, 0.15) is 17.8 Å².